The van der Waals surface area contributed by atoms with Gasteiger partial charge < -0.3 is 10.2 Å². The minimum absolute atomic E-state index is 0.160. The molecule has 1 aromatic heterocycles. The molecule has 1 unspecified atom stereocenters. The lowest BCUT2D eigenvalue weighted by atomic mass is 10.1. The van der Waals surface area contributed by atoms with Crippen molar-refractivity contribution < 1.29 is 4.79 Å². The first kappa shape index (κ1) is 16.0. The maximum Gasteiger partial charge on any atom is 0.272 e. The third-order valence-electron chi connectivity index (χ3n) is 4.70. The molecule has 5 nitrogen and oxygen atoms in total. The van der Waals surface area contributed by atoms with Gasteiger partial charge in [-0.15, -0.1) is 0 Å². The highest BCUT2D eigenvalue weighted by atomic mass is 35.5. The number of H-pyrrole nitrogens is 1. The van der Waals surface area contributed by atoms with E-state index in [0.717, 1.165) is 30.4 Å². The van der Waals surface area contributed by atoms with Gasteiger partial charge in [0.2, 0.25) is 0 Å². The molecule has 2 N–H and O–H groups in total. The zero-order chi connectivity index (χ0) is 17.2. The highest BCUT2D eigenvalue weighted by Crippen LogP contribution is 2.24. The predicted octanol–water partition coefficient (Wildman–Crippen LogP) is 3.47. The summed E-state index contributed by atoms with van der Waals surface area (Å²) in [6.07, 6.45) is 1.07. The normalized spacial score (nSPS) is 17.2. The van der Waals surface area contributed by atoms with E-state index in [1.54, 1.807) is 12.1 Å². The number of para-hydroxylation sites is 1. The first-order valence-corrected chi connectivity index (χ1v) is 8.80. The van der Waals surface area contributed by atoms with E-state index in [2.05, 4.69) is 44.7 Å². The number of halogens is 1. The van der Waals surface area contributed by atoms with Crippen molar-refractivity contribution in [3.05, 3.63) is 59.2 Å². The number of rotatable bonds is 4. The van der Waals surface area contributed by atoms with Crippen LogP contribution in [0, 0.1) is 5.92 Å². The van der Waals surface area contributed by atoms with Crippen molar-refractivity contribution in [3.8, 4) is 0 Å². The zero-order valence-electron chi connectivity index (χ0n) is 13.7. The van der Waals surface area contributed by atoms with Crippen LogP contribution in [0.5, 0.6) is 0 Å². The van der Waals surface area contributed by atoms with Gasteiger partial charge in [-0.05, 0) is 42.7 Å². The van der Waals surface area contributed by atoms with E-state index in [1.807, 2.05) is 12.1 Å². The van der Waals surface area contributed by atoms with Gasteiger partial charge in [-0.3, -0.25) is 9.89 Å². The molecule has 128 valence electrons. The number of aromatic nitrogens is 2. The molecule has 1 fully saturated rings. The molecule has 2 heterocycles. The summed E-state index contributed by atoms with van der Waals surface area (Å²) in [5.41, 5.74) is 2.45. The molecule has 0 spiro atoms. The van der Waals surface area contributed by atoms with Gasteiger partial charge in [-0.2, -0.15) is 5.10 Å². The second-order valence-electron chi connectivity index (χ2n) is 6.41. The van der Waals surface area contributed by atoms with Crippen molar-refractivity contribution in [1.82, 2.24) is 15.5 Å². The first-order valence-electron chi connectivity index (χ1n) is 8.42. The number of anilines is 1. The fourth-order valence-corrected chi connectivity index (χ4v) is 3.52. The maximum atomic E-state index is 12.5. The molecule has 6 heteroatoms. The average Bonchev–Trinajstić information content (AvgIpc) is 3.27. The van der Waals surface area contributed by atoms with Crippen molar-refractivity contribution in [2.75, 3.05) is 24.5 Å². The Hall–Kier alpha value is -2.53. The number of aromatic amines is 1. The van der Waals surface area contributed by atoms with E-state index in [9.17, 15) is 4.79 Å². The minimum atomic E-state index is -0.160. The van der Waals surface area contributed by atoms with E-state index in [1.165, 1.54) is 5.69 Å². The first-order chi connectivity index (χ1) is 12.2. The second-order valence-corrected chi connectivity index (χ2v) is 6.84. The highest BCUT2D eigenvalue weighted by Gasteiger charge is 2.24. The lowest BCUT2D eigenvalue weighted by Crippen LogP contribution is -2.31. The highest BCUT2D eigenvalue weighted by molar-refractivity contribution is 6.31. The van der Waals surface area contributed by atoms with E-state index >= 15 is 0 Å². The minimum Gasteiger partial charge on any atom is -0.371 e. The molecule has 4 rings (SSSR count). The quantitative estimate of drug-likeness (QED) is 0.754. The summed E-state index contributed by atoms with van der Waals surface area (Å²) >= 11 is 6.03. The zero-order valence-corrected chi connectivity index (χ0v) is 14.5. The van der Waals surface area contributed by atoms with Gasteiger partial charge in [0.1, 0.15) is 0 Å². The lowest BCUT2D eigenvalue weighted by Gasteiger charge is -2.18. The molecule has 0 aliphatic carbocycles. The Balaban J connectivity index is 1.38. The Kier molecular flexibility index (Phi) is 4.32. The van der Waals surface area contributed by atoms with Gasteiger partial charge in [0.25, 0.3) is 5.91 Å². The largest absolute Gasteiger partial charge is 0.371 e. The third kappa shape index (κ3) is 3.33. The molecule has 25 heavy (non-hydrogen) atoms. The summed E-state index contributed by atoms with van der Waals surface area (Å²) in [4.78, 5) is 14.9. The molecule has 3 aromatic rings. The number of benzene rings is 2. The molecule has 1 aliphatic rings. The number of fused-ring (bicyclic) bond motifs is 1. The molecule has 1 aliphatic heterocycles. The number of hydrogen-bond donors (Lipinski definition) is 2. The Bertz CT molecular complexity index is 893. The second kappa shape index (κ2) is 6.76. The van der Waals surface area contributed by atoms with Crippen LogP contribution in [0.15, 0.2) is 48.5 Å². The van der Waals surface area contributed by atoms with Crippen molar-refractivity contribution in [1.29, 1.82) is 0 Å². The van der Waals surface area contributed by atoms with Crippen LogP contribution in [0.2, 0.25) is 5.02 Å². The van der Waals surface area contributed by atoms with E-state index in [4.69, 9.17) is 11.6 Å². The topological polar surface area (TPSA) is 61.0 Å². The number of hydrogen-bond acceptors (Lipinski definition) is 3. The lowest BCUT2D eigenvalue weighted by molar-refractivity contribution is 0.0945. The Morgan fingerprint density at radius 2 is 2.12 bits per heavy atom. The standard InChI is InChI=1S/C19H19ClN4O/c20-14-6-7-17-16(10-14)18(23-22-17)19(25)21-11-13-8-9-24(12-13)15-4-2-1-3-5-15/h1-7,10,13H,8-9,11-12H2,(H,21,25)(H,22,23). The fourth-order valence-electron chi connectivity index (χ4n) is 3.35. The molecule has 1 atom stereocenters. The predicted molar refractivity (Wildman–Crippen MR) is 100 cm³/mol. The smallest absolute Gasteiger partial charge is 0.272 e. The van der Waals surface area contributed by atoms with Gasteiger partial charge in [-0.25, -0.2) is 0 Å². The van der Waals surface area contributed by atoms with Gasteiger partial charge in [0, 0.05) is 35.7 Å². The van der Waals surface area contributed by atoms with Crippen LogP contribution in [-0.4, -0.2) is 35.7 Å². The van der Waals surface area contributed by atoms with Crippen molar-refractivity contribution in [2.24, 2.45) is 5.92 Å². The molecule has 2 aromatic carbocycles. The van der Waals surface area contributed by atoms with Crippen LogP contribution < -0.4 is 10.2 Å². The summed E-state index contributed by atoms with van der Waals surface area (Å²) in [5.74, 6) is 0.282. The van der Waals surface area contributed by atoms with Gasteiger partial charge in [-0.1, -0.05) is 29.8 Å². The maximum absolute atomic E-state index is 12.5. The number of nitrogens with one attached hydrogen (secondary N) is 2. The monoisotopic (exact) mass is 354 g/mol. The fraction of sp³-hybridized carbons (Fsp3) is 0.263. The van der Waals surface area contributed by atoms with Crippen LogP contribution in [0.4, 0.5) is 5.69 Å². The molecule has 1 amide bonds. The van der Waals surface area contributed by atoms with Gasteiger partial charge in [0.15, 0.2) is 5.69 Å². The Morgan fingerprint density at radius 1 is 1.28 bits per heavy atom. The van der Waals surface area contributed by atoms with E-state index < -0.39 is 0 Å². The van der Waals surface area contributed by atoms with Crippen LogP contribution in [-0.2, 0) is 0 Å². The Morgan fingerprint density at radius 3 is 2.96 bits per heavy atom. The number of carbonyl (C=O) groups excluding carboxylic acids is 1. The third-order valence-corrected chi connectivity index (χ3v) is 4.93. The molecular formula is C19H19ClN4O. The Labute approximate surface area is 151 Å². The average molecular weight is 355 g/mol. The summed E-state index contributed by atoms with van der Waals surface area (Å²) in [7, 11) is 0. The van der Waals surface area contributed by atoms with Crippen LogP contribution in [0.1, 0.15) is 16.9 Å². The van der Waals surface area contributed by atoms with Crippen molar-refractivity contribution in [3.63, 3.8) is 0 Å². The molecule has 0 bridgehead atoms. The van der Waals surface area contributed by atoms with E-state index in [-0.39, 0.29) is 5.91 Å². The molecular weight excluding hydrogens is 336 g/mol. The van der Waals surface area contributed by atoms with Crippen LogP contribution in [0.3, 0.4) is 0 Å². The van der Waals surface area contributed by atoms with Crippen molar-refractivity contribution in [2.45, 2.75) is 6.42 Å². The summed E-state index contributed by atoms with van der Waals surface area (Å²) in [6, 6.07) is 15.8. The summed E-state index contributed by atoms with van der Waals surface area (Å²) in [5, 5.41) is 11.4. The van der Waals surface area contributed by atoms with Gasteiger partial charge in [0.05, 0.1) is 5.52 Å². The summed E-state index contributed by atoms with van der Waals surface area (Å²) < 4.78 is 0. The molecule has 0 saturated carbocycles. The molecule has 1 saturated heterocycles. The van der Waals surface area contributed by atoms with Crippen LogP contribution in [0.25, 0.3) is 10.9 Å². The van der Waals surface area contributed by atoms with Crippen LogP contribution >= 0.6 is 11.6 Å². The van der Waals surface area contributed by atoms with Crippen molar-refractivity contribution >= 4 is 34.1 Å². The number of carbonyl (C=O) groups is 1. The van der Waals surface area contributed by atoms with E-state index in [0.29, 0.717) is 23.2 Å². The molecule has 0 radical (unpaired) electrons. The van der Waals surface area contributed by atoms with Gasteiger partial charge >= 0.3 is 0 Å². The summed E-state index contributed by atoms with van der Waals surface area (Å²) in [6.45, 7) is 2.63. The number of nitrogens with zero attached hydrogens (tertiary/aromatic N) is 2. The SMILES string of the molecule is O=C(NCC1CCN(c2ccccc2)C1)c1n[nH]c2ccc(Cl)cc12. The number of amides is 1.